The molecule has 2 N–H and O–H groups in total. The van der Waals surface area contributed by atoms with Gasteiger partial charge in [-0.05, 0) is 12.8 Å². The summed E-state index contributed by atoms with van der Waals surface area (Å²) in [6, 6.07) is 0. The van der Waals surface area contributed by atoms with Gasteiger partial charge >= 0.3 is 0 Å². The van der Waals surface area contributed by atoms with E-state index < -0.39 is 24.2 Å². The molecule has 0 saturated carbocycles. The van der Waals surface area contributed by atoms with Gasteiger partial charge in [-0.2, -0.15) is 0 Å². The minimum Gasteiger partial charge on any atom is -0.390 e. The average molecular weight is 202 g/mol. The van der Waals surface area contributed by atoms with Crippen molar-refractivity contribution in [1.82, 2.24) is 0 Å². The van der Waals surface area contributed by atoms with Crippen molar-refractivity contribution in [3.63, 3.8) is 0 Å². The number of aliphatic hydroxyl groups is 2. The first-order valence-corrected chi connectivity index (χ1v) is 4.96. The van der Waals surface area contributed by atoms with Crippen molar-refractivity contribution in [1.29, 1.82) is 0 Å². The number of aldehydes is 1. The van der Waals surface area contributed by atoms with Gasteiger partial charge in [-0.3, -0.25) is 0 Å². The van der Waals surface area contributed by atoms with Crippen LogP contribution in [0.2, 0.25) is 0 Å². The maximum absolute atomic E-state index is 10.7. The number of carbonyl (C=O) groups excluding carboxylic acids is 1. The van der Waals surface area contributed by atoms with Crippen molar-refractivity contribution >= 4 is 6.29 Å². The van der Waals surface area contributed by atoms with E-state index in [0.717, 1.165) is 0 Å². The lowest BCUT2D eigenvalue weighted by atomic mass is 9.84. The second-order valence-corrected chi connectivity index (χ2v) is 4.24. The Labute approximate surface area is 83.9 Å². The maximum atomic E-state index is 10.7. The molecule has 0 bridgehead atoms. The Kier molecular flexibility index (Phi) is 3.64. The summed E-state index contributed by atoms with van der Waals surface area (Å²) in [5.74, 6) is -0.603. The van der Waals surface area contributed by atoms with E-state index in [1.807, 2.05) is 13.8 Å². The van der Waals surface area contributed by atoms with Crippen LogP contribution in [-0.2, 0) is 9.53 Å². The van der Waals surface area contributed by atoms with E-state index in [-0.39, 0.29) is 12.0 Å². The molecule has 82 valence electrons. The molecule has 4 heteroatoms. The zero-order valence-electron chi connectivity index (χ0n) is 8.75. The van der Waals surface area contributed by atoms with Crippen molar-refractivity contribution in [2.45, 2.75) is 45.2 Å². The van der Waals surface area contributed by atoms with Crippen LogP contribution in [0.3, 0.4) is 0 Å². The molecule has 0 aromatic rings. The number of aliphatic hydroxyl groups excluding tert-OH is 2. The van der Waals surface area contributed by atoms with E-state index in [1.54, 1.807) is 6.92 Å². The smallest absolute Gasteiger partial charge is 0.128 e. The first-order chi connectivity index (χ1) is 6.49. The average Bonchev–Trinajstić information content (AvgIpc) is 2.12. The van der Waals surface area contributed by atoms with E-state index in [1.165, 1.54) is 0 Å². The summed E-state index contributed by atoms with van der Waals surface area (Å²) in [7, 11) is 0. The molecule has 0 aromatic heterocycles. The molecule has 4 nitrogen and oxygen atoms in total. The van der Waals surface area contributed by atoms with Crippen LogP contribution >= 0.6 is 0 Å². The van der Waals surface area contributed by atoms with Gasteiger partial charge in [0.05, 0.1) is 30.3 Å². The molecule has 5 atom stereocenters. The molecule has 1 fully saturated rings. The fourth-order valence-electron chi connectivity index (χ4n) is 1.86. The number of carbonyl (C=O) groups is 1. The molecule has 1 saturated heterocycles. The van der Waals surface area contributed by atoms with Crippen LogP contribution < -0.4 is 0 Å². The summed E-state index contributed by atoms with van der Waals surface area (Å²) in [6.07, 6.45) is -1.97. The van der Waals surface area contributed by atoms with E-state index in [2.05, 4.69) is 0 Å². The molecule has 0 radical (unpaired) electrons. The van der Waals surface area contributed by atoms with Crippen LogP contribution in [0.15, 0.2) is 0 Å². The number of ether oxygens (including phenoxy) is 1. The molecule has 0 aromatic carbocycles. The Balaban J connectivity index is 2.80. The van der Waals surface area contributed by atoms with Gasteiger partial charge in [0.1, 0.15) is 6.29 Å². The maximum Gasteiger partial charge on any atom is 0.128 e. The van der Waals surface area contributed by atoms with Crippen LogP contribution in [0, 0.1) is 11.8 Å². The Hall–Kier alpha value is -0.450. The van der Waals surface area contributed by atoms with Crippen LogP contribution in [0.1, 0.15) is 20.8 Å². The van der Waals surface area contributed by atoms with E-state index in [9.17, 15) is 15.0 Å². The molecular formula is C10H18O4. The highest BCUT2D eigenvalue weighted by atomic mass is 16.5. The van der Waals surface area contributed by atoms with Crippen LogP contribution in [0.25, 0.3) is 0 Å². The first kappa shape index (κ1) is 11.6. The van der Waals surface area contributed by atoms with Crippen molar-refractivity contribution in [2.75, 3.05) is 0 Å². The summed E-state index contributed by atoms with van der Waals surface area (Å²) in [5.41, 5.74) is 0. The Morgan fingerprint density at radius 1 is 1.29 bits per heavy atom. The topological polar surface area (TPSA) is 66.8 Å². The first-order valence-electron chi connectivity index (χ1n) is 4.96. The van der Waals surface area contributed by atoms with Gasteiger partial charge in [0.25, 0.3) is 0 Å². The van der Waals surface area contributed by atoms with Crippen molar-refractivity contribution < 1.29 is 19.7 Å². The summed E-state index contributed by atoms with van der Waals surface area (Å²) in [5, 5.41) is 19.4. The third-order valence-electron chi connectivity index (χ3n) is 2.79. The summed E-state index contributed by atoms with van der Waals surface area (Å²) < 4.78 is 5.45. The van der Waals surface area contributed by atoms with Crippen molar-refractivity contribution in [3.05, 3.63) is 0 Å². The second-order valence-electron chi connectivity index (χ2n) is 4.24. The predicted molar refractivity (Wildman–Crippen MR) is 50.7 cm³/mol. The van der Waals surface area contributed by atoms with Gasteiger partial charge in [-0.25, -0.2) is 0 Å². The standard InChI is InChI=1S/C10H18O4/c1-5(2)10-9(13)7(4-11)8(12)6(3)14-10/h4-10,12-13H,1-3H3. The molecule has 1 aliphatic rings. The normalized spacial score (nSPS) is 44.0. The highest BCUT2D eigenvalue weighted by Gasteiger charge is 2.43. The highest BCUT2D eigenvalue weighted by Crippen LogP contribution is 2.28. The largest absolute Gasteiger partial charge is 0.390 e. The van der Waals surface area contributed by atoms with Gasteiger partial charge in [0.2, 0.25) is 0 Å². The lowest BCUT2D eigenvalue weighted by Crippen LogP contribution is -2.55. The molecule has 14 heavy (non-hydrogen) atoms. The SMILES string of the molecule is CC(C)C1OC(C)C(O)C(C=O)C1O. The fourth-order valence-corrected chi connectivity index (χ4v) is 1.86. The Bertz CT molecular complexity index is 204. The quantitative estimate of drug-likeness (QED) is 0.617. The fraction of sp³-hybridized carbons (Fsp3) is 0.900. The summed E-state index contributed by atoms with van der Waals surface area (Å²) >= 11 is 0. The molecular weight excluding hydrogens is 184 g/mol. The van der Waals surface area contributed by atoms with Crippen LogP contribution in [-0.4, -0.2) is 40.9 Å². The number of hydrogen-bond donors (Lipinski definition) is 2. The van der Waals surface area contributed by atoms with Crippen LogP contribution in [0.4, 0.5) is 0 Å². The van der Waals surface area contributed by atoms with E-state index in [0.29, 0.717) is 6.29 Å². The van der Waals surface area contributed by atoms with Gasteiger partial charge < -0.3 is 19.7 Å². The lowest BCUT2D eigenvalue weighted by molar-refractivity contribution is -0.201. The zero-order chi connectivity index (χ0) is 10.9. The molecule has 1 aliphatic heterocycles. The van der Waals surface area contributed by atoms with E-state index in [4.69, 9.17) is 4.74 Å². The minimum atomic E-state index is -0.905. The molecule has 0 amide bonds. The monoisotopic (exact) mass is 202 g/mol. The zero-order valence-corrected chi connectivity index (χ0v) is 8.75. The van der Waals surface area contributed by atoms with Gasteiger partial charge in [0.15, 0.2) is 0 Å². The van der Waals surface area contributed by atoms with E-state index >= 15 is 0 Å². The Morgan fingerprint density at radius 3 is 2.29 bits per heavy atom. The minimum absolute atomic E-state index is 0.127. The molecule has 5 unspecified atom stereocenters. The van der Waals surface area contributed by atoms with Gasteiger partial charge in [-0.1, -0.05) is 13.8 Å². The van der Waals surface area contributed by atoms with Crippen LogP contribution in [0.5, 0.6) is 0 Å². The number of rotatable bonds is 2. The molecule has 1 rings (SSSR count). The molecule has 0 aliphatic carbocycles. The highest BCUT2D eigenvalue weighted by molar-refractivity contribution is 5.56. The lowest BCUT2D eigenvalue weighted by Gasteiger charge is -2.41. The third kappa shape index (κ3) is 1.97. The summed E-state index contributed by atoms with van der Waals surface area (Å²) in [6.45, 7) is 5.54. The molecule has 1 heterocycles. The third-order valence-corrected chi connectivity index (χ3v) is 2.79. The molecule has 0 spiro atoms. The second kappa shape index (κ2) is 4.38. The summed E-state index contributed by atoms with van der Waals surface area (Å²) in [4.78, 5) is 10.7. The van der Waals surface area contributed by atoms with Crippen molar-refractivity contribution in [3.8, 4) is 0 Å². The van der Waals surface area contributed by atoms with Crippen molar-refractivity contribution in [2.24, 2.45) is 11.8 Å². The predicted octanol–water partition coefficient (Wildman–Crippen LogP) is -0.0334. The van der Waals surface area contributed by atoms with Gasteiger partial charge in [-0.15, -0.1) is 0 Å². The van der Waals surface area contributed by atoms with Gasteiger partial charge in [0, 0.05) is 0 Å². The Morgan fingerprint density at radius 2 is 1.86 bits per heavy atom. The number of hydrogen-bond acceptors (Lipinski definition) is 4.